The number of nitrogens with one attached hydrogen (secondary N) is 3. The van der Waals surface area contributed by atoms with Crippen molar-refractivity contribution >= 4 is 82.6 Å². The zero-order valence-corrected chi connectivity index (χ0v) is 44.1. The summed E-state index contributed by atoms with van der Waals surface area (Å²) >= 11 is 18.1. The Morgan fingerprint density at radius 3 is 1.42 bits per heavy atom. The highest BCUT2D eigenvalue weighted by Gasteiger charge is 2.30. The van der Waals surface area contributed by atoms with Gasteiger partial charge in [-0.05, 0) is 19.3 Å². The second-order valence-corrected chi connectivity index (χ2v) is 21.3. The molecule has 0 aromatic heterocycles. The third-order valence-corrected chi connectivity index (χ3v) is 12.8. The fourth-order valence-corrected chi connectivity index (χ4v) is 8.56. The van der Waals surface area contributed by atoms with Gasteiger partial charge >= 0.3 is 30.1 Å². The Hall–Kier alpha value is -2.36. The van der Waals surface area contributed by atoms with Gasteiger partial charge in [-0.1, -0.05) is 222 Å². The number of carbonyl (C=O) groups excluding carboxylic acids is 4. The van der Waals surface area contributed by atoms with Gasteiger partial charge in [0.25, 0.3) is 0 Å². The van der Waals surface area contributed by atoms with Crippen LogP contribution in [0.3, 0.4) is 0 Å². The molecule has 3 atom stereocenters. The van der Waals surface area contributed by atoms with E-state index >= 15 is 0 Å². The number of esters is 1. The Balaban J connectivity index is 5.10. The third-order valence-electron chi connectivity index (χ3n) is 11.3. The average Bonchev–Trinajstić information content (AvgIpc) is 3.27. The smallest absolute Gasteiger partial charge is 0.407 e. The van der Waals surface area contributed by atoms with E-state index in [1.165, 1.54) is 141 Å². The van der Waals surface area contributed by atoms with E-state index in [0.29, 0.717) is 13.0 Å². The van der Waals surface area contributed by atoms with Crippen molar-refractivity contribution in [2.24, 2.45) is 0 Å². The summed E-state index contributed by atoms with van der Waals surface area (Å²) in [5.74, 6) is -4.29. The van der Waals surface area contributed by atoms with Crippen LogP contribution in [0.5, 0.6) is 0 Å². The van der Waals surface area contributed by atoms with Crippen molar-refractivity contribution < 1.29 is 53.2 Å². The van der Waals surface area contributed by atoms with Crippen LogP contribution < -0.4 is 16.0 Å². The van der Waals surface area contributed by atoms with E-state index in [2.05, 4.69) is 29.8 Å². The summed E-state index contributed by atoms with van der Waals surface area (Å²) < 4.78 is 14.1. The number of amides is 3. The van der Waals surface area contributed by atoms with E-state index in [1.807, 2.05) is 0 Å². The van der Waals surface area contributed by atoms with Crippen molar-refractivity contribution in [2.75, 3.05) is 31.3 Å². The molecule has 0 rings (SSSR count). The van der Waals surface area contributed by atoms with Gasteiger partial charge in [-0.3, -0.25) is 14.4 Å². The van der Waals surface area contributed by atoms with Crippen LogP contribution in [0.1, 0.15) is 219 Å². The fraction of sp³-hybridized carbons (Fsp3) is 0.878. The second-order valence-electron chi connectivity index (χ2n) is 17.7. The molecule has 0 unspecified atom stereocenters. The Morgan fingerprint density at radius 1 is 0.537 bits per heavy atom. The number of unbranched alkanes of at least 4 members (excludes halogenated alkanes) is 27. The molecule has 18 heteroatoms. The molecule has 0 aromatic rings. The van der Waals surface area contributed by atoms with Gasteiger partial charge in [0, 0.05) is 30.9 Å². The van der Waals surface area contributed by atoms with E-state index in [9.17, 15) is 33.9 Å². The molecule has 0 radical (unpaired) electrons. The summed E-state index contributed by atoms with van der Waals surface area (Å²) in [7, 11) is 0. The third kappa shape index (κ3) is 44.6. The first-order valence-corrected chi connectivity index (χ1v) is 27.9. The summed E-state index contributed by atoms with van der Waals surface area (Å²) in [5, 5.41) is 26.0. The van der Waals surface area contributed by atoms with Crippen LogP contribution in [-0.2, 0) is 33.4 Å². The molecular weight excluding hydrogens is 945 g/mol. The molecule has 0 fully saturated rings. The topological polar surface area (TPSA) is 207 Å². The maximum Gasteiger partial charge on any atom is 0.407 e. The maximum absolute atomic E-state index is 13.3. The molecule has 0 aliphatic rings. The quantitative estimate of drug-likeness (QED) is 0.0167. The number of ether oxygens (including phenoxy) is 3. The molecule has 3 amide bonds. The zero-order chi connectivity index (χ0) is 49.8. The number of halogens is 3. The molecule has 0 heterocycles. The predicted octanol–water partition coefficient (Wildman–Crippen LogP) is 13.0. The first kappa shape index (κ1) is 64.6. The normalized spacial score (nSPS) is 12.7. The number of rotatable bonds is 46. The molecule has 0 aromatic carbocycles. The monoisotopic (exact) mass is 1030 g/mol. The molecule has 0 spiro atoms. The van der Waals surface area contributed by atoms with Gasteiger partial charge < -0.3 is 40.4 Å². The van der Waals surface area contributed by atoms with Crippen LogP contribution in [0.4, 0.5) is 9.59 Å². The van der Waals surface area contributed by atoms with Crippen molar-refractivity contribution in [3.8, 4) is 0 Å². The first-order chi connectivity index (χ1) is 32.2. The predicted molar refractivity (Wildman–Crippen MR) is 271 cm³/mol. The van der Waals surface area contributed by atoms with Gasteiger partial charge in [0.1, 0.15) is 31.4 Å². The van der Waals surface area contributed by atoms with Gasteiger partial charge in [0.2, 0.25) is 9.70 Å². The summed E-state index contributed by atoms with van der Waals surface area (Å²) in [6, 6.07) is -2.98. The molecule has 5 N–H and O–H groups in total. The van der Waals surface area contributed by atoms with Gasteiger partial charge in [-0.2, -0.15) is 11.8 Å². The van der Waals surface area contributed by atoms with Gasteiger partial charge in [0.15, 0.2) is 0 Å². The minimum Gasteiger partial charge on any atom is -0.481 e. The van der Waals surface area contributed by atoms with E-state index in [-0.39, 0.29) is 24.5 Å². The highest BCUT2D eigenvalue weighted by Crippen LogP contribution is 2.26. The highest BCUT2D eigenvalue weighted by atomic mass is 35.6. The number of thioether (sulfide) groups is 1. The summed E-state index contributed by atoms with van der Waals surface area (Å²) in [6.07, 6.45) is 31.6. The molecular formula is C49H88Cl3N3O11S. The van der Waals surface area contributed by atoms with Crippen LogP contribution in [0.15, 0.2) is 0 Å². The van der Waals surface area contributed by atoms with Crippen LogP contribution in [0.2, 0.25) is 0 Å². The second kappa shape index (κ2) is 44.8. The maximum atomic E-state index is 13.3. The number of alkyl carbamates (subject to hydrolysis) is 2. The SMILES string of the molecule is CCCCCCCCCCCCCCCCCCNC(=O)OC[C@H](CSC[C@H](NC(=O)OCC(Cl)(Cl)Cl)C(=O)N[C@@H](CCC(=O)O)C(=O)O)OC(=O)CCCCCCCCCCCCCCC. The number of alkyl halides is 3. The molecule has 0 saturated heterocycles. The standard InChI is InChI=1S/C49H88Cl3N3O11S/c1-3-5-7-9-11-13-15-17-18-19-21-23-25-27-29-31-35-53-47(62)64-36-40(66-44(58)32-30-28-26-24-22-20-16-14-12-10-8-6-4-2)37-67-38-42(55-48(63)65-39-49(50,51)52)45(59)54-41(46(60)61)33-34-43(56)57/h40-42H,3-39H2,1-2H3,(H,53,62)(H,54,59)(H,55,63)(H,56,57)(H,60,61)/t40-,41+,42+/m1/s1. The van der Waals surface area contributed by atoms with Gasteiger partial charge in [-0.25, -0.2) is 14.4 Å². The molecule has 0 aliphatic heterocycles. The summed E-state index contributed by atoms with van der Waals surface area (Å²) in [5.41, 5.74) is 0. The van der Waals surface area contributed by atoms with Crippen molar-refractivity contribution in [2.45, 2.75) is 241 Å². The van der Waals surface area contributed by atoms with Crippen molar-refractivity contribution in [1.82, 2.24) is 16.0 Å². The summed E-state index contributed by atoms with van der Waals surface area (Å²) in [4.78, 5) is 74.4. The molecule has 0 saturated carbocycles. The zero-order valence-electron chi connectivity index (χ0n) is 41.0. The largest absolute Gasteiger partial charge is 0.481 e. The van der Waals surface area contributed by atoms with Crippen molar-refractivity contribution in [3.05, 3.63) is 0 Å². The van der Waals surface area contributed by atoms with Crippen molar-refractivity contribution in [3.63, 3.8) is 0 Å². The Labute approximate surface area is 422 Å². The van der Waals surface area contributed by atoms with Crippen LogP contribution >= 0.6 is 46.6 Å². The van der Waals surface area contributed by atoms with E-state index in [4.69, 9.17) is 54.1 Å². The lowest BCUT2D eigenvalue weighted by Crippen LogP contribution is -2.53. The number of carboxylic acids is 2. The van der Waals surface area contributed by atoms with Gasteiger partial charge in [0.05, 0.1) is 0 Å². The van der Waals surface area contributed by atoms with Gasteiger partial charge in [-0.15, -0.1) is 0 Å². The molecule has 0 aliphatic carbocycles. The van der Waals surface area contributed by atoms with Crippen LogP contribution in [0.25, 0.3) is 0 Å². The lowest BCUT2D eigenvalue weighted by molar-refractivity contribution is -0.150. The fourth-order valence-electron chi connectivity index (χ4n) is 7.36. The Bertz CT molecular complexity index is 1300. The molecule has 0 bridgehead atoms. The Kier molecular flexibility index (Phi) is 43.2. The number of carbonyl (C=O) groups is 6. The number of carboxylic acid groups (broad SMARTS) is 2. The van der Waals surface area contributed by atoms with E-state index in [0.717, 1.165) is 50.3 Å². The molecule has 67 heavy (non-hydrogen) atoms. The molecule has 14 nitrogen and oxygen atoms in total. The first-order valence-electron chi connectivity index (χ1n) is 25.6. The highest BCUT2D eigenvalue weighted by molar-refractivity contribution is 7.99. The van der Waals surface area contributed by atoms with Crippen LogP contribution in [-0.4, -0.2) is 99.5 Å². The number of hydrogen-bond donors (Lipinski definition) is 5. The summed E-state index contributed by atoms with van der Waals surface area (Å²) in [6.45, 7) is 3.99. The average molecular weight is 1030 g/mol. The Morgan fingerprint density at radius 2 is 0.985 bits per heavy atom. The lowest BCUT2D eigenvalue weighted by Gasteiger charge is -2.23. The number of aliphatic carboxylic acids is 2. The van der Waals surface area contributed by atoms with Crippen LogP contribution in [0, 0.1) is 0 Å². The van der Waals surface area contributed by atoms with E-state index < -0.39 is 77.4 Å². The van der Waals surface area contributed by atoms with E-state index in [1.54, 1.807) is 0 Å². The minimum atomic E-state index is -1.95. The molecule has 392 valence electrons. The number of hydrogen-bond acceptors (Lipinski definition) is 10. The minimum absolute atomic E-state index is 0.0345. The van der Waals surface area contributed by atoms with Crippen molar-refractivity contribution in [1.29, 1.82) is 0 Å². The lowest BCUT2D eigenvalue weighted by atomic mass is 10.0.